The topological polar surface area (TPSA) is 84.3 Å². The van der Waals surface area contributed by atoms with Gasteiger partial charge in [-0.1, -0.05) is 18.6 Å². The van der Waals surface area contributed by atoms with Crippen LogP contribution in [0.2, 0.25) is 0 Å². The van der Waals surface area contributed by atoms with Crippen LogP contribution >= 0.6 is 0 Å². The molecular weight excluding hydrogens is 332 g/mol. The summed E-state index contributed by atoms with van der Waals surface area (Å²) in [6, 6.07) is 6.88. The first-order valence-corrected chi connectivity index (χ1v) is 8.72. The summed E-state index contributed by atoms with van der Waals surface area (Å²) < 4.78 is 1.66. The van der Waals surface area contributed by atoms with Crippen molar-refractivity contribution in [1.82, 2.24) is 14.7 Å². The molecule has 2 aromatic rings. The van der Waals surface area contributed by atoms with Crippen molar-refractivity contribution in [3.8, 4) is 0 Å². The van der Waals surface area contributed by atoms with Gasteiger partial charge in [0.1, 0.15) is 0 Å². The first-order valence-electron chi connectivity index (χ1n) is 8.72. The summed E-state index contributed by atoms with van der Waals surface area (Å²) in [6.45, 7) is 2.23. The maximum Gasteiger partial charge on any atom is 0.261 e. The molecule has 0 aliphatic carbocycles. The smallest absolute Gasteiger partial charge is 0.261 e. The number of amides is 3. The molecule has 2 heterocycles. The molecule has 3 rings (SSSR count). The number of carbonyl (C=O) groups is 3. The Kier molecular flexibility index (Phi) is 5.16. The largest absolute Gasteiger partial charge is 0.323 e. The Morgan fingerprint density at radius 2 is 1.73 bits per heavy atom. The summed E-state index contributed by atoms with van der Waals surface area (Å²) in [5.74, 6) is -0.507. The van der Waals surface area contributed by atoms with Crippen LogP contribution in [0.25, 0.3) is 0 Å². The fourth-order valence-electron chi connectivity index (χ4n) is 3.11. The Hall–Kier alpha value is -2.96. The third kappa shape index (κ3) is 3.66. The van der Waals surface area contributed by atoms with Crippen molar-refractivity contribution in [3.63, 3.8) is 0 Å². The Morgan fingerprint density at radius 3 is 2.31 bits per heavy atom. The van der Waals surface area contributed by atoms with Crippen molar-refractivity contribution in [2.45, 2.75) is 32.6 Å². The predicted octanol–water partition coefficient (Wildman–Crippen LogP) is 2.52. The van der Waals surface area contributed by atoms with Crippen molar-refractivity contribution < 1.29 is 14.4 Å². The maximum atomic E-state index is 12.2. The van der Waals surface area contributed by atoms with E-state index in [4.69, 9.17) is 0 Å². The Balaban J connectivity index is 1.40. The lowest BCUT2D eigenvalue weighted by molar-refractivity contribution is -0.116. The van der Waals surface area contributed by atoms with Gasteiger partial charge in [0.05, 0.1) is 22.5 Å². The number of fused-ring (bicyclic) bond motifs is 1. The summed E-state index contributed by atoms with van der Waals surface area (Å²) in [4.78, 5) is 37.8. The van der Waals surface area contributed by atoms with Gasteiger partial charge in [0, 0.05) is 26.2 Å². The minimum atomic E-state index is -0.226. The molecule has 26 heavy (non-hydrogen) atoms. The monoisotopic (exact) mass is 354 g/mol. The van der Waals surface area contributed by atoms with Gasteiger partial charge in [0.2, 0.25) is 5.91 Å². The van der Waals surface area contributed by atoms with Gasteiger partial charge >= 0.3 is 0 Å². The zero-order valence-electron chi connectivity index (χ0n) is 15.0. The quantitative estimate of drug-likeness (QED) is 0.612. The van der Waals surface area contributed by atoms with Crippen LogP contribution in [0.4, 0.5) is 5.69 Å². The number of nitrogens with one attached hydrogen (secondary N) is 1. The molecule has 0 bridgehead atoms. The molecule has 7 heteroatoms. The minimum Gasteiger partial charge on any atom is -0.323 e. The standard InChI is InChI=1S/C19H22N4O3/c1-13-16(12-22(2)21-13)20-17(24)10-4-3-7-11-23-18(25)14-8-5-6-9-15(14)19(23)26/h5-6,8-9,12H,3-4,7,10-11H2,1-2H3,(H,20,24). The van der Waals surface area contributed by atoms with Crippen LogP contribution < -0.4 is 5.32 Å². The van der Waals surface area contributed by atoms with Crippen LogP contribution in [0.5, 0.6) is 0 Å². The van der Waals surface area contributed by atoms with E-state index in [0.717, 1.165) is 17.8 Å². The summed E-state index contributed by atoms with van der Waals surface area (Å²) >= 11 is 0. The van der Waals surface area contributed by atoms with Crippen molar-refractivity contribution in [2.24, 2.45) is 7.05 Å². The van der Waals surface area contributed by atoms with Crippen LogP contribution in [-0.4, -0.2) is 38.9 Å². The predicted molar refractivity (Wildman–Crippen MR) is 96.9 cm³/mol. The number of aryl methyl sites for hydroxylation is 2. The summed E-state index contributed by atoms with van der Waals surface area (Å²) in [6.07, 6.45) is 4.33. The number of nitrogens with zero attached hydrogens (tertiary/aromatic N) is 3. The van der Waals surface area contributed by atoms with Gasteiger partial charge in [-0.25, -0.2) is 0 Å². The Labute approximate surface area is 152 Å². The van der Waals surface area contributed by atoms with E-state index in [1.165, 1.54) is 4.90 Å². The number of aromatic nitrogens is 2. The molecule has 1 N–H and O–H groups in total. The van der Waals surface area contributed by atoms with E-state index in [2.05, 4.69) is 10.4 Å². The fourth-order valence-corrected chi connectivity index (χ4v) is 3.11. The number of hydrogen-bond acceptors (Lipinski definition) is 4. The third-order valence-corrected chi connectivity index (χ3v) is 4.45. The SMILES string of the molecule is Cc1nn(C)cc1NC(=O)CCCCCN1C(=O)c2ccccc2C1=O. The highest BCUT2D eigenvalue weighted by atomic mass is 16.2. The number of imide groups is 1. The Morgan fingerprint density at radius 1 is 1.08 bits per heavy atom. The van der Waals surface area contributed by atoms with Gasteiger partial charge in [-0.15, -0.1) is 0 Å². The zero-order chi connectivity index (χ0) is 18.7. The lowest BCUT2D eigenvalue weighted by atomic mass is 10.1. The molecule has 0 saturated heterocycles. The van der Waals surface area contributed by atoms with Gasteiger partial charge in [-0.05, 0) is 31.9 Å². The normalized spacial score (nSPS) is 13.2. The average molecular weight is 354 g/mol. The number of anilines is 1. The molecule has 1 aliphatic heterocycles. The highest BCUT2D eigenvalue weighted by Crippen LogP contribution is 2.22. The lowest BCUT2D eigenvalue weighted by Gasteiger charge is -2.13. The van der Waals surface area contributed by atoms with E-state index < -0.39 is 0 Å². The molecule has 1 aromatic heterocycles. The number of benzene rings is 1. The van der Waals surface area contributed by atoms with Gasteiger partial charge in [0.25, 0.3) is 11.8 Å². The van der Waals surface area contributed by atoms with E-state index >= 15 is 0 Å². The van der Waals surface area contributed by atoms with E-state index in [-0.39, 0.29) is 17.7 Å². The second-order valence-corrected chi connectivity index (χ2v) is 6.47. The third-order valence-electron chi connectivity index (χ3n) is 4.45. The van der Waals surface area contributed by atoms with Crippen molar-refractivity contribution >= 4 is 23.4 Å². The average Bonchev–Trinajstić information content (AvgIpc) is 3.05. The van der Waals surface area contributed by atoms with Crippen molar-refractivity contribution in [1.29, 1.82) is 0 Å². The highest BCUT2D eigenvalue weighted by Gasteiger charge is 2.34. The first-order chi connectivity index (χ1) is 12.5. The summed E-state index contributed by atoms with van der Waals surface area (Å²) in [5.41, 5.74) is 2.46. The van der Waals surface area contributed by atoms with Crippen LogP contribution in [0.15, 0.2) is 30.5 Å². The molecule has 0 atom stereocenters. The second-order valence-electron chi connectivity index (χ2n) is 6.47. The molecule has 7 nitrogen and oxygen atoms in total. The Bertz CT molecular complexity index is 821. The molecule has 0 spiro atoms. The van der Waals surface area contributed by atoms with Crippen LogP contribution in [0, 0.1) is 6.92 Å². The summed E-state index contributed by atoms with van der Waals surface area (Å²) in [7, 11) is 1.81. The van der Waals surface area contributed by atoms with Gasteiger partial charge in [0.15, 0.2) is 0 Å². The molecular formula is C19H22N4O3. The zero-order valence-corrected chi connectivity index (χ0v) is 15.0. The molecule has 0 unspecified atom stereocenters. The molecule has 0 saturated carbocycles. The van der Waals surface area contributed by atoms with Gasteiger partial charge < -0.3 is 5.32 Å². The van der Waals surface area contributed by atoms with Crippen molar-refractivity contribution in [3.05, 3.63) is 47.3 Å². The number of hydrogen-bond donors (Lipinski definition) is 1. The number of carbonyl (C=O) groups excluding carboxylic acids is 3. The molecule has 1 aliphatic rings. The van der Waals surface area contributed by atoms with Gasteiger partial charge in [-0.2, -0.15) is 5.10 Å². The molecule has 0 fully saturated rings. The van der Waals surface area contributed by atoms with Gasteiger partial charge in [-0.3, -0.25) is 24.0 Å². The lowest BCUT2D eigenvalue weighted by Crippen LogP contribution is -2.30. The van der Waals surface area contributed by atoms with E-state index in [1.807, 2.05) is 14.0 Å². The van der Waals surface area contributed by atoms with Crippen LogP contribution in [0.3, 0.4) is 0 Å². The van der Waals surface area contributed by atoms with E-state index in [9.17, 15) is 14.4 Å². The summed E-state index contributed by atoms with van der Waals surface area (Å²) in [5, 5.41) is 7.03. The van der Waals surface area contributed by atoms with Crippen LogP contribution in [-0.2, 0) is 11.8 Å². The maximum absolute atomic E-state index is 12.2. The molecule has 0 radical (unpaired) electrons. The van der Waals surface area contributed by atoms with E-state index in [0.29, 0.717) is 36.9 Å². The van der Waals surface area contributed by atoms with Crippen LogP contribution in [0.1, 0.15) is 52.1 Å². The molecule has 136 valence electrons. The molecule has 1 aromatic carbocycles. The first kappa shape index (κ1) is 17.8. The van der Waals surface area contributed by atoms with E-state index in [1.54, 1.807) is 35.1 Å². The minimum absolute atomic E-state index is 0.0539. The molecule has 3 amide bonds. The fraction of sp³-hybridized carbons (Fsp3) is 0.368. The number of rotatable bonds is 7. The highest BCUT2D eigenvalue weighted by molar-refractivity contribution is 6.21. The number of unbranched alkanes of at least 4 members (excludes halogenated alkanes) is 2. The second kappa shape index (κ2) is 7.51. The van der Waals surface area contributed by atoms with Crippen molar-refractivity contribution in [2.75, 3.05) is 11.9 Å².